The van der Waals surface area contributed by atoms with E-state index in [2.05, 4.69) is 0 Å². The highest BCUT2D eigenvalue weighted by atomic mass is 35.5. The van der Waals surface area contributed by atoms with Crippen molar-refractivity contribution in [3.8, 4) is 0 Å². The van der Waals surface area contributed by atoms with Crippen LogP contribution >= 0.6 is 11.6 Å². The summed E-state index contributed by atoms with van der Waals surface area (Å²) < 4.78 is 4.88. The number of hydrogen-bond donors (Lipinski definition) is 1. The molecule has 98 valence electrons. The molecule has 0 heterocycles. The Kier molecular flexibility index (Phi) is 5.82. The highest BCUT2D eigenvalue weighted by Gasteiger charge is 2.15. The van der Waals surface area contributed by atoms with Gasteiger partial charge in [-0.2, -0.15) is 0 Å². The van der Waals surface area contributed by atoms with Gasteiger partial charge in [-0.1, -0.05) is 12.1 Å². The van der Waals surface area contributed by atoms with E-state index in [-0.39, 0.29) is 36.9 Å². The molecule has 4 nitrogen and oxygen atoms in total. The van der Waals surface area contributed by atoms with Crippen molar-refractivity contribution in [3.63, 3.8) is 0 Å². The van der Waals surface area contributed by atoms with Gasteiger partial charge in [0.05, 0.1) is 18.8 Å². The van der Waals surface area contributed by atoms with Crippen molar-refractivity contribution in [2.75, 3.05) is 12.5 Å². The topological polar surface area (TPSA) is 63.6 Å². The number of carbonyl (C=O) groups is 2. The Bertz CT molecular complexity index is 443. The summed E-state index contributed by atoms with van der Waals surface area (Å²) in [4.78, 5) is 23.4. The van der Waals surface area contributed by atoms with Gasteiger partial charge >= 0.3 is 5.97 Å². The van der Waals surface area contributed by atoms with Crippen molar-refractivity contribution in [1.82, 2.24) is 0 Å². The Morgan fingerprint density at radius 3 is 2.67 bits per heavy atom. The minimum absolute atomic E-state index is 0.139. The van der Waals surface area contributed by atoms with Gasteiger partial charge in [0.15, 0.2) is 5.78 Å². The molecule has 0 unspecified atom stereocenters. The Balaban J connectivity index is 3.09. The third-order valence-electron chi connectivity index (χ3n) is 2.42. The molecule has 0 bridgehead atoms. The molecular weight excluding hydrogens is 256 g/mol. The van der Waals surface area contributed by atoms with Gasteiger partial charge in [0.25, 0.3) is 0 Å². The summed E-state index contributed by atoms with van der Waals surface area (Å²) in [6.45, 7) is 1.65. The van der Waals surface area contributed by atoms with Crippen molar-refractivity contribution < 1.29 is 19.4 Å². The molecule has 0 spiro atoms. The first-order valence-electron chi connectivity index (χ1n) is 5.64. The minimum atomic E-state index is -0.540. The van der Waals surface area contributed by atoms with Crippen LogP contribution in [0.5, 0.6) is 0 Å². The lowest BCUT2D eigenvalue weighted by atomic mass is 10.0. The molecular formula is C13H15ClO4. The number of benzene rings is 1. The number of halogens is 1. The van der Waals surface area contributed by atoms with Gasteiger partial charge in [0, 0.05) is 17.9 Å². The molecule has 0 radical (unpaired) electrons. The van der Waals surface area contributed by atoms with Crippen LogP contribution in [0.1, 0.15) is 39.6 Å². The average Bonchev–Trinajstić information content (AvgIpc) is 2.38. The Labute approximate surface area is 111 Å². The monoisotopic (exact) mass is 270 g/mol. The zero-order chi connectivity index (χ0) is 13.5. The molecule has 0 aliphatic rings. The highest BCUT2D eigenvalue weighted by Crippen LogP contribution is 2.15. The predicted molar refractivity (Wildman–Crippen MR) is 68.0 cm³/mol. The fraction of sp³-hybridized carbons (Fsp3) is 0.385. The summed E-state index contributed by atoms with van der Waals surface area (Å²) in [6, 6.07) is 4.56. The van der Waals surface area contributed by atoms with Crippen molar-refractivity contribution in [2.45, 2.75) is 20.0 Å². The first-order chi connectivity index (χ1) is 8.63. The second-order valence-electron chi connectivity index (χ2n) is 3.61. The number of aliphatic hydroxyl groups excluding tert-OH is 1. The Morgan fingerprint density at radius 1 is 1.39 bits per heavy atom. The van der Waals surface area contributed by atoms with Gasteiger partial charge in [0.1, 0.15) is 0 Å². The first kappa shape index (κ1) is 14.7. The quantitative estimate of drug-likeness (QED) is 0.489. The van der Waals surface area contributed by atoms with Crippen molar-refractivity contribution in [1.29, 1.82) is 0 Å². The molecule has 0 aliphatic carbocycles. The van der Waals surface area contributed by atoms with E-state index < -0.39 is 5.97 Å². The van der Waals surface area contributed by atoms with Crippen LogP contribution in [0.2, 0.25) is 0 Å². The summed E-state index contributed by atoms with van der Waals surface area (Å²) in [5, 5.41) is 9.15. The standard InChI is InChI=1S/C13H15ClO4/c1-2-18-13(17)11-7-9(12(16)5-6-14)3-4-10(11)8-15/h3-4,7,15H,2,5-6,8H2,1H3. The number of ether oxygens (including phenoxy) is 1. The summed E-state index contributed by atoms with van der Waals surface area (Å²) in [7, 11) is 0. The maximum atomic E-state index is 11.7. The summed E-state index contributed by atoms with van der Waals surface area (Å²) >= 11 is 5.50. The molecule has 0 atom stereocenters. The molecule has 0 saturated heterocycles. The second-order valence-corrected chi connectivity index (χ2v) is 3.99. The van der Waals surface area contributed by atoms with E-state index in [1.165, 1.54) is 6.07 Å². The van der Waals surface area contributed by atoms with Crippen LogP contribution in [0.15, 0.2) is 18.2 Å². The maximum Gasteiger partial charge on any atom is 0.338 e. The molecule has 18 heavy (non-hydrogen) atoms. The van der Waals surface area contributed by atoms with E-state index >= 15 is 0 Å². The number of aliphatic hydroxyl groups is 1. The van der Waals surface area contributed by atoms with Crippen LogP contribution in [0.3, 0.4) is 0 Å². The SMILES string of the molecule is CCOC(=O)c1cc(C(=O)CCCl)ccc1CO. The lowest BCUT2D eigenvalue weighted by Crippen LogP contribution is -2.10. The van der Waals surface area contributed by atoms with Crippen molar-refractivity contribution in [2.24, 2.45) is 0 Å². The second kappa shape index (κ2) is 7.13. The fourth-order valence-corrected chi connectivity index (χ4v) is 1.69. The Morgan fingerprint density at radius 2 is 2.11 bits per heavy atom. The van der Waals surface area contributed by atoms with Gasteiger partial charge in [-0.05, 0) is 18.6 Å². The van der Waals surface area contributed by atoms with Gasteiger partial charge in [-0.25, -0.2) is 4.79 Å². The minimum Gasteiger partial charge on any atom is -0.462 e. The Hall–Kier alpha value is -1.39. The third-order valence-corrected chi connectivity index (χ3v) is 2.61. The molecule has 0 fully saturated rings. The first-order valence-corrected chi connectivity index (χ1v) is 6.17. The molecule has 0 amide bonds. The fourth-order valence-electron chi connectivity index (χ4n) is 1.52. The largest absolute Gasteiger partial charge is 0.462 e. The summed E-state index contributed by atoms with van der Waals surface area (Å²) in [5.74, 6) is -0.447. The van der Waals surface area contributed by atoms with Crippen LogP contribution in [0, 0.1) is 0 Å². The maximum absolute atomic E-state index is 11.7. The predicted octanol–water partition coefficient (Wildman–Crippen LogP) is 2.17. The highest BCUT2D eigenvalue weighted by molar-refractivity contribution is 6.19. The van der Waals surface area contributed by atoms with Gasteiger partial charge < -0.3 is 9.84 Å². The number of carbonyl (C=O) groups excluding carboxylic acids is 2. The molecule has 0 aliphatic heterocycles. The number of rotatable bonds is 6. The van der Waals surface area contributed by atoms with Crippen LogP contribution in [0.4, 0.5) is 0 Å². The van der Waals surface area contributed by atoms with E-state index in [0.29, 0.717) is 11.1 Å². The summed E-state index contributed by atoms with van der Waals surface area (Å²) in [6.07, 6.45) is 0.211. The van der Waals surface area contributed by atoms with E-state index in [9.17, 15) is 9.59 Å². The lowest BCUT2D eigenvalue weighted by Gasteiger charge is -2.08. The number of Topliss-reactive ketones (excluding diaryl/α,β-unsaturated/α-hetero) is 1. The van der Waals surface area contributed by atoms with Crippen LogP contribution in [-0.4, -0.2) is 29.3 Å². The number of esters is 1. The lowest BCUT2D eigenvalue weighted by molar-refractivity contribution is 0.0523. The van der Waals surface area contributed by atoms with E-state index in [1.54, 1.807) is 19.1 Å². The van der Waals surface area contributed by atoms with Gasteiger partial charge in [-0.3, -0.25) is 4.79 Å². The number of alkyl halides is 1. The molecule has 1 rings (SSSR count). The molecule has 1 aromatic rings. The number of hydrogen-bond acceptors (Lipinski definition) is 4. The van der Waals surface area contributed by atoms with Crippen molar-refractivity contribution >= 4 is 23.4 Å². The molecule has 1 aromatic carbocycles. The van der Waals surface area contributed by atoms with Crippen LogP contribution in [0.25, 0.3) is 0 Å². The van der Waals surface area contributed by atoms with Crippen LogP contribution < -0.4 is 0 Å². The van der Waals surface area contributed by atoms with E-state index in [0.717, 1.165) is 0 Å². The molecule has 0 aromatic heterocycles. The average molecular weight is 271 g/mol. The number of ketones is 1. The third kappa shape index (κ3) is 3.55. The zero-order valence-electron chi connectivity index (χ0n) is 10.1. The van der Waals surface area contributed by atoms with Gasteiger partial charge in [0.2, 0.25) is 0 Å². The molecule has 1 N–H and O–H groups in total. The summed E-state index contributed by atoms with van der Waals surface area (Å²) in [5.41, 5.74) is 1.06. The smallest absolute Gasteiger partial charge is 0.338 e. The van der Waals surface area contributed by atoms with Gasteiger partial charge in [-0.15, -0.1) is 11.6 Å². The zero-order valence-corrected chi connectivity index (χ0v) is 10.9. The molecule has 5 heteroatoms. The molecule has 0 saturated carbocycles. The normalized spacial score (nSPS) is 10.2. The van der Waals surface area contributed by atoms with Crippen molar-refractivity contribution in [3.05, 3.63) is 34.9 Å². The van der Waals surface area contributed by atoms with Crippen LogP contribution in [-0.2, 0) is 11.3 Å². The van der Waals surface area contributed by atoms with E-state index in [4.69, 9.17) is 21.4 Å². The van der Waals surface area contributed by atoms with E-state index in [1.807, 2.05) is 0 Å².